The van der Waals surface area contributed by atoms with E-state index in [1.54, 1.807) is 0 Å². The van der Waals surface area contributed by atoms with Gasteiger partial charge in [-0.25, -0.2) is 0 Å². The van der Waals surface area contributed by atoms with Gasteiger partial charge in [0.25, 0.3) is 0 Å². The second kappa shape index (κ2) is 3.97. The van der Waals surface area contributed by atoms with Gasteiger partial charge in [-0.2, -0.15) is 0 Å². The molecule has 0 N–H and O–H groups in total. The maximum atomic E-state index is 10.8. The van der Waals surface area contributed by atoms with Crippen LogP contribution >= 0.6 is 0 Å². The molecule has 55 valence electrons. The van der Waals surface area contributed by atoms with Crippen molar-refractivity contribution in [3.05, 3.63) is 13.8 Å². The molecule has 2 heteroatoms. The van der Waals surface area contributed by atoms with E-state index in [9.17, 15) is 4.79 Å². The van der Waals surface area contributed by atoms with E-state index in [4.69, 9.17) is 0 Å². The van der Waals surface area contributed by atoms with E-state index in [-0.39, 0.29) is 38.1 Å². The quantitative estimate of drug-likeness (QED) is 0.560. The molecule has 1 aliphatic rings. The van der Waals surface area contributed by atoms with Gasteiger partial charge in [-0.1, -0.05) is 6.42 Å². The summed E-state index contributed by atoms with van der Waals surface area (Å²) in [6.07, 6.45) is 3.30. The first-order valence-electron chi connectivity index (χ1n) is 3.33. The summed E-state index contributed by atoms with van der Waals surface area (Å²) < 4.78 is 0. The monoisotopic (exact) mass is 213 g/mol. The van der Waals surface area contributed by atoms with Crippen LogP contribution in [-0.4, -0.2) is 5.78 Å². The van der Waals surface area contributed by atoms with E-state index in [1.165, 1.54) is 0 Å². The van der Waals surface area contributed by atoms with Crippen LogP contribution in [0.5, 0.6) is 0 Å². The van der Waals surface area contributed by atoms with Crippen LogP contribution in [-0.2, 0) is 37.5 Å². The summed E-state index contributed by atoms with van der Waals surface area (Å²) in [5.41, 5.74) is -0.199. The van der Waals surface area contributed by atoms with Crippen LogP contribution in [0.3, 0.4) is 0 Å². The number of hydrogen-bond donors (Lipinski definition) is 0. The third kappa shape index (κ3) is 3.25. The number of carbonyl (C=O) groups excluding carboxylic acids is 1. The molecule has 1 fully saturated rings. The van der Waals surface area contributed by atoms with E-state index < -0.39 is 0 Å². The molecular formula is C8H12OY-2. The molecule has 1 aliphatic carbocycles. The molecule has 0 aliphatic heterocycles. The molecule has 0 spiro atoms. The molecule has 0 aromatic carbocycles. The second-order valence-electron chi connectivity index (χ2n) is 3.07. The Kier molecular flexibility index (Phi) is 4.27. The molecule has 1 saturated carbocycles. The molecule has 0 aromatic rings. The number of Topliss-reactive ketones (excluding diaryl/α,β-unsaturated/α-hetero) is 1. The summed E-state index contributed by atoms with van der Waals surface area (Å²) >= 11 is 0. The maximum absolute atomic E-state index is 10.8. The zero-order valence-electron chi connectivity index (χ0n) is 6.23. The molecule has 0 amide bonds. The Hall–Kier alpha value is 0.774. The van der Waals surface area contributed by atoms with Gasteiger partial charge >= 0.3 is 0 Å². The number of ketones is 1. The third-order valence-electron chi connectivity index (χ3n) is 1.73. The first-order chi connectivity index (χ1) is 4.10. The summed E-state index contributed by atoms with van der Waals surface area (Å²) in [6, 6.07) is 0. The van der Waals surface area contributed by atoms with Gasteiger partial charge in [0.1, 0.15) is 5.78 Å². The number of rotatable bonds is 0. The molecule has 1 radical (unpaired) electrons. The average molecular weight is 213 g/mol. The summed E-state index contributed by atoms with van der Waals surface area (Å²) in [6.45, 7) is 7.70. The van der Waals surface area contributed by atoms with Gasteiger partial charge in [-0.15, -0.1) is 6.42 Å². The first-order valence-corrected chi connectivity index (χ1v) is 3.33. The van der Waals surface area contributed by atoms with Crippen molar-refractivity contribution in [3.63, 3.8) is 0 Å². The fraction of sp³-hybridized carbons (Fsp3) is 0.625. The van der Waals surface area contributed by atoms with Crippen LogP contribution in [0.4, 0.5) is 0 Å². The molecular weight excluding hydrogens is 201 g/mol. The zero-order valence-corrected chi connectivity index (χ0v) is 9.07. The zero-order chi connectivity index (χ0) is 6.91. The van der Waals surface area contributed by atoms with Crippen molar-refractivity contribution < 1.29 is 37.5 Å². The normalized spacial score (nSPS) is 23.6. The minimum absolute atomic E-state index is 0. The summed E-state index contributed by atoms with van der Waals surface area (Å²) in [4.78, 5) is 10.8. The van der Waals surface area contributed by atoms with E-state index in [2.05, 4.69) is 13.8 Å². The number of hydrogen-bond acceptors (Lipinski definition) is 1. The van der Waals surface area contributed by atoms with Crippen molar-refractivity contribution in [2.45, 2.75) is 25.7 Å². The Balaban J connectivity index is 0.000000810. The van der Waals surface area contributed by atoms with Crippen LogP contribution in [0.2, 0.25) is 0 Å². The summed E-state index contributed by atoms with van der Waals surface area (Å²) in [7, 11) is 0. The largest absolute Gasteiger partial charge is 0.366 e. The maximum Gasteiger partial charge on any atom is 0.128 e. The Bertz CT molecular complexity index is 129. The van der Waals surface area contributed by atoms with Crippen LogP contribution in [0.25, 0.3) is 0 Å². The second-order valence-corrected chi connectivity index (χ2v) is 3.07. The van der Waals surface area contributed by atoms with Gasteiger partial charge < -0.3 is 13.8 Å². The van der Waals surface area contributed by atoms with E-state index in [0.29, 0.717) is 12.2 Å². The van der Waals surface area contributed by atoms with E-state index in [0.717, 1.165) is 19.3 Å². The third-order valence-corrected chi connectivity index (χ3v) is 1.73. The van der Waals surface area contributed by atoms with Crippen LogP contribution < -0.4 is 0 Å². The van der Waals surface area contributed by atoms with Gasteiger partial charge in [0, 0.05) is 39.1 Å². The Morgan fingerprint density at radius 2 is 2.00 bits per heavy atom. The van der Waals surface area contributed by atoms with Crippen molar-refractivity contribution in [1.82, 2.24) is 0 Å². The molecule has 1 rings (SSSR count). The standard InChI is InChI=1S/C8H12O.Y/c1-8(2)5-3-4-7(9)6-8;/h1-6H2;/q-2;. The molecule has 10 heavy (non-hydrogen) atoms. The molecule has 0 unspecified atom stereocenters. The molecule has 0 atom stereocenters. The van der Waals surface area contributed by atoms with Gasteiger partial charge in [-0.05, 0) is 6.42 Å². The van der Waals surface area contributed by atoms with Crippen molar-refractivity contribution in [2.75, 3.05) is 0 Å². The summed E-state index contributed by atoms with van der Waals surface area (Å²) in [5.74, 6) is 0.325. The summed E-state index contributed by atoms with van der Waals surface area (Å²) in [5, 5.41) is 0. The predicted molar refractivity (Wildman–Crippen MR) is 36.6 cm³/mol. The topological polar surface area (TPSA) is 17.1 Å². The minimum atomic E-state index is -0.199. The van der Waals surface area contributed by atoms with Crippen molar-refractivity contribution in [2.24, 2.45) is 5.41 Å². The smallest absolute Gasteiger partial charge is 0.128 e. The Labute approximate surface area is 87.8 Å². The van der Waals surface area contributed by atoms with Crippen molar-refractivity contribution in [1.29, 1.82) is 0 Å². The SMILES string of the molecule is [CH2-]C1([CH2-])CCCC(=O)C1.[Y]. The van der Waals surface area contributed by atoms with Gasteiger partial charge in [0.05, 0.1) is 0 Å². The van der Waals surface area contributed by atoms with E-state index in [1.807, 2.05) is 0 Å². The number of carbonyl (C=O) groups is 1. The minimum Gasteiger partial charge on any atom is -0.366 e. The predicted octanol–water partition coefficient (Wildman–Crippen LogP) is 1.78. The molecule has 0 bridgehead atoms. The fourth-order valence-electron chi connectivity index (χ4n) is 1.26. The Morgan fingerprint density at radius 3 is 2.30 bits per heavy atom. The molecule has 0 saturated heterocycles. The van der Waals surface area contributed by atoms with Crippen molar-refractivity contribution in [3.8, 4) is 0 Å². The van der Waals surface area contributed by atoms with E-state index >= 15 is 0 Å². The van der Waals surface area contributed by atoms with Crippen molar-refractivity contribution >= 4 is 5.78 Å². The van der Waals surface area contributed by atoms with Crippen LogP contribution in [0.1, 0.15) is 25.7 Å². The first kappa shape index (κ1) is 10.8. The Morgan fingerprint density at radius 1 is 1.40 bits per heavy atom. The van der Waals surface area contributed by atoms with Gasteiger partial charge in [0.2, 0.25) is 0 Å². The fourth-order valence-corrected chi connectivity index (χ4v) is 1.26. The van der Waals surface area contributed by atoms with Crippen LogP contribution in [0.15, 0.2) is 0 Å². The molecule has 1 nitrogen and oxygen atoms in total. The van der Waals surface area contributed by atoms with Gasteiger partial charge in [0.15, 0.2) is 0 Å². The average Bonchev–Trinajstić information content (AvgIpc) is 1.60. The van der Waals surface area contributed by atoms with Crippen LogP contribution in [0, 0.1) is 19.3 Å². The molecule has 0 heterocycles. The van der Waals surface area contributed by atoms with Gasteiger partial charge in [-0.3, -0.25) is 10.2 Å². The molecule has 0 aromatic heterocycles.